The van der Waals surface area contributed by atoms with Crippen molar-refractivity contribution in [2.75, 3.05) is 26.4 Å². The highest BCUT2D eigenvalue weighted by molar-refractivity contribution is 5.73. The van der Waals surface area contributed by atoms with Crippen molar-refractivity contribution in [1.82, 2.24) is 5.32 Å². The molecule has 0 aromatic heterocycles. The molecule has 1 amide bonds. The Morgan fingerprint density at radius 3 is 1.35 bits per heavy atom. The first-order valence-electron chi connectivity index (χ1n) is 24.4. The van der Waals surface area contributed by atoms with E-state index in [0.717, 1.165) is 25.7 Å². The number of hydrogen-bond acceptors (Lipinski definition) is 18. The predicted molar refractivity (Wildman–Crippen MR) is 236 cm³/mol. The highest BCUT2D eigenvalue weighted by atomic mass is 16.8. The quantitative estimate of drug-likeness (QED) is 0.0318. The van der Waals surface area contributed by atoms with Crippen LogP contribution in [0.15, 0.2) is 12.2 Å². The molecule has 0 bridgehead atoms. The standard InChI is InChI=1S/C46H85NO18/c1-3-4-5-6-7-8-9-10-11-12-13-14-15-16-17-18-19-20-21-22-23-24-31(52)30(47-29(2)51)28-60-44-40(58)37(55)42(33(26-49)62-44)65-46-41(59)38(56)43(34(27-50)63-46)64-45-39(57)36(54)35(53)32(25-48)61-45/h23-24,30-46,48-50,52-59H,3-22,25-28H2,1-2H3,(H,47,51)/b24-23+. The first-order valence-corrected chi connectivity index (χ1v) is 24.4. The second kappa shape index (κ2) is 32.4. The smallest absolute Gasteiger partial charge is 0.217 e. The monoisotopic (exact) mass is 940 g/mol. The summed E-state index contributed by atoms with van der Waals surface area (Å²) in [6.45, 7) is 0.744. The lowest BCUT2D eigenvalue weighted by Crippen LogP contribution is -2.66. The summed E-state index contributed by atoms with van der Waals surface area (Å²) < 4.78 is 33.6. The van der Waals surface area contributed by atoms with Gasteiger partial charge in [0.1, 0.15) is 73.2 Å². The van der Waals surface area contributed by atoms with Crippen molar-refractivity contribution in [1.29, 1.82) is 0 Å². The lowest BCUT2D eigenvalue weighted by Gasteiger charge is -2.48. The Labute approximate surface area is 385 Å². The highest BCUT2D eigenvalue weighted by Crippen LogP contribution is 2.33. The second-order valence-electron chi connectivity index (χ2n) is 18.0. The number of nitrogens with one attached hydrogen (secondary N) is 1. The van der Waals surface area contributed by atoms with Crippen LogP contribution < -0.4 is 5.32 Å². The molecular weight excluding hydrogens is 854 g/mol. The molecule has 0 aromatic rings. The summed E-state index contributed by atoms with van der Waals surface area (Å²) in [4.78, 5) is 12.0. The summed E-state index contributed by atoms with van der Waals surface area (Å²) in [6, 6.07) is -0.968. The number of amides is 1. The topological polar surface area (TPSA) is 307 Å². The summed E-state index contributed by atoms with van der Waals surface area (Å²) in [6.07, 6.45) is 2.05. The fourth-order valence-electron chi connectivity index (χ4n) is 8.58. The number of aliphatic hydroxyl groups is 11. The number of allylic oxidation sites excluding steroid dienone is 1. The molecule has 17 unspecified atom stereocenters. The van der Waals surface area contributed by atoms with E-state index >= 15 is 0 Å². The van der Waals surface area contributed by atoms with E-state index < -0.39 is 130 Å². The maximum atomic E-state index is 12.0. The van der Waals surface area contributed by atoms with Crippen molar-refractivity contribution in [3.05, 3.63) is 12.2 Å². The number of carbonyl (C=O) groups excluding carboxylic acids is 1. The molecule has 0 aromatic carbocycles. The molecule has 0 aliphatic carbocycles. The van der Waals surface area contributed by atoms with Gasteiger partial charge in [-0.2, -0.15) is 0 Å². The number of aliphatic hydroxyl groups excluding tert-OH is 11. The lowest BCUT2D eigenvalue weighted by molar-refractivity contribution is -0.379. The number of rotatable bonds is 33. The van der Waals surface area contributed by atoms with Crippen LogP contribution >= 0.6 is 0 Å². The lowest BCUT2D eigenvalue weighted by atomic mass is 9.96. The Hall–Kier alpha value is -1.47. The van der Waals surface area contributed by atoms with Crippen LogP contribution in [0.1, 0.15) is 142 Å². The minimum atomic E-state index is -1.97. The average molecular weight is 940 g/mol. The van der Waals surface area contributed by atoms with Crippen molar-refractivity contribution in [3.8, 4) is 0 Å². The van der Waals surface area contributed by atoms with E-state index in [4.69, 9.17) is 28.4 Å². The largest absolute Gasteiger partial charge is 0.394 e. The number of hydrogen-bond donors (Lipinski definition) is 12. The third-order valence-corrected chi connectivity index (χ3v) is 12.6. The van der Waals surface area contributed by atoms with Crippen molar-refractivity contribution in [2.45, 2.75) is 247 Å². The molecule has 12 N–H and O–H groups in total. The molecule has 3 aliphatic heterocycles. The Morgan fingerprint density at radius 2 is 0.923 bits per heavy atom. The zero-order valence-electron chi connectivity index (χ0n) is 38.7. The van der Waals surface area contributed by atoms with Crippen LogP contribution in [0, 0.1) is 0 Å². The highest BCUT2D eigenvalue weighted by Gasteiger charge is 2.53. The van der Waals surface area contributed by atoms with E-state index in [0.29, 0.717) is 0 Å². The van der Waals surface area contributed by atoms with Gasteiger partial charge in [-0.05, 0) is 12.8 Å². The van der Waals surface area contributed by atoms with Crippen LogP contribution in [-0.2, 0) is 33.2 Å². The van der Waals surface area contributed by atoms with E-state index in [-0.39, 0.29) is 6.61 Å². The van der Waals surface area contributed by atoms with Crippen molar-refractivity contribution in [2.24, 2.45) is 0 Å². The minimum Gasteiger partial charge on any atom is -0.394 e. The van der Waals surface area contributed by atoms with Gasteiger partial charge in [0, 0.05) is 6.92 Å². The minimum absolute atomic E-state index is 0.368. The van der Waals surface area contributed by atoms with Crippen LogP contribution in [-0.4, -0.2) is 193 Å². The van der Waals surface area contributed by atoms with Crippen LogP contribution in [0.25, 0.3) is 0 Å². The van der Waals surface area contributed by atoms with Gasteiger partial charge in [0.15, 0.2) is 18.9 Å². The van der Waals surface area contributed by atoms with Gasteiger partial charge >= 0.3 is 0 Å². The SMILES string of the molecule is CCCCCCCCCCCCCCCCCCCCC/C=C/C(O)C(COC1OC(CO)C(OC2OC(CO)C(OC3OC(CO)C(O)C(O)C3O)C(O)C2O)C(O)C1O)NC(C)=O. The predicted octanol–water partition coefficient (Wildman–Crippen LogP) is 0.695. The van der Waals surface area contributed by atoms with Crippen LogP contribution in [0.4, 0.5) is 0 Å². The maximum absolute atomic E-state index is 12.0. The zero-order valence-corrected chi connectivity index (χ0v) is 38.7. The Morgan fingerprint density at radius 1 is 0.538 bits per heavy atom. The molecule has 65 heavy (non-hydrogen) atoms. The van der Waals surface area contributed by atoms with E-state index in [1.807, 2.05) is 6.08 Å². The Balaban J connectivity index is 1.37. The molecule has 0 saturated carbocycles. The van der Waals surface area contributed by atoms with Gasteiger partial charge in [0.2, 0.25) is 5.91 Å². The summed E-state index contributed by atoms with van der Waals surface area (Å²) in [7, 11) is 0. The van der Waals surface area contributed by atoms with Crippen molar-refractivity contribution < 1.29 is 89.4 Å². The van der Waals surface area contributed by atoms with E-state index in [1.165, 1.54) is 110 Å². The van der Waals surface area contributed by atoms with E-state index in [2.05, 4.69) is 12.2 Å². The van der Waals surface area contributed by atoms with Gasteiger partial charge in [-0.15, -0.1) is 0 Å². The second-order valence-corrected chi connectivity index (χ2v) is 18.0. The summed E-state index contributed by atoms with van der Waals surface area (Å²) in [5, 5.41) is 118. The maximum Gasteiger partial charge on any atom is 0.217 e. The molecule has 19 heteroatoms. The van der Waals surface area contributed by atoms with Gasteiger partial charge in [0.25, 0.3) is 0 Å². The molecule has 0 spiro atoms. The van der Waals surface area contributed by atoms with E-state index in [1.54, 1.807) is 6.08 Å². The van der Waals surface area contributed by atoms with Crippen LogP contribution in [0.5, 0.6) is 0 Å². The number of ether oxygens (including phenoxy) is 6. The normalized spacial score (nSPS) is 34.2. The average Bonchev–Trinajstić information content (AvgIpc) is 3.29. The molecule has 0 radical (unpaired) electrons. The van der Waals surface area contributed by atoms with Gasteiger partial charge in [-0.25, -0.2) is 0 Å². The van der Waals surface area contributed by atoms with Crippen molar-refractivity contribution in [3.63, 3.8) is 0 Å². The van der Waals surface area contributed by atoms with E-state index in [9.17, 15) is 61.0 Å². The molecular formula is C46H85NO18. The molecule has 3 rings (SSSR count). The first kappa shape index (κ1) is 57.8. The van der Waals surface area contributed by atoms with Crippen LogP contribution in [0.3, 0.4) is 0 Å². The zero-order chi connectivity index (χ0) is 47.7. The Kier molecular flexibility index (Phi) is 28.8. The molecule has 3 heterocycles. The molecule has 3 saturated heterocycles. The molecule has 3 fully saturated rings. The van der Waals surface area contributed by atoms with Gasteiger partial charge in [-0.1, -0.05) is 135 Å². The molecule has 19 nitrogen and oxygen atoms in total. The molecule has 382 valence electrons. The fraction of sp³-hybridized carbons (Fsp3) is 0.935. The summed E-state index contributed by atoms with van der Waals surface area (Å²) in [5.74, 6) is -0.452. The third kappa shape index (κ3) is 19.5. The summed E-state index contributed by atoms with van der Waals surface area (Å²) >= 11 is 0. The van der Waals surface area contributed by atoms with Gasteiger partial charge in [0.05, 0.1) is 38.6 Å². The molecule has 17 atom stereocenters. The number of unbranched alkanes of at least 4 members (excludes halogenated alkanes) is 19. The van der Waals surface area contributed by atoms with Gasteiger partial charge < -0.3 is 89.9 Å². The molecule has 3 aliphatic rings. The van der Waals surface area contributed by atoms with Crippen molar-refractivity contribution >= 4 is 5.91 Å². The third-order valence-electron chi connectivity index (χ3n) is 12.6. The Bertz CT molecular complexity index is 1260. The number of carbonyl (C=O) groups is 1. The fourth-order valence-corrected chi connectivity index (χ4v) is 8.58. The first-order chi connectivity index (χ1) is 31.3. The van der Waals surface area contributed by atoms with Crippen LogP contribution in [0.2, 0.25) is 0 Å². The summed E-state index contributed by atoms with van der Waals surface area (Å²) in [5.41, 5.74) is 0. The van der Waals surface area contributed by atoms with Gasteiger partial charge in [-0.3, -0.25) is 4.79 Å².